The van der Waals surface area contributed by atoms with Crippen molar-refractivity contribution in [3.05, 3.63) is 0 Å². The molecule has 60 valence electrons. The number of nitrogens with one attached hydrogen (secondary N) is 1. The van der Waals surface area contributed by atoms with Crippen LogP contribution in [-0.4, -0.2) is 12.5 Å². The topological polar surface area (TPSA) is 78.9 Å². The van der Waals surface area contributed by atoms with Crippen LogP contribution in [0.4, 0.5) is 0 Å². The van der Waals surface area contributed by atoms with Crippen LogP contribution in [-0.2, 0) is 4.79 Å². The van der Waals surface area contributed by atoms with Crippen LogP contribution in [0.15, 0.2) is 0 Å². The van der Waals surface area contributed by atoms with Gasteiger partial charge in [0.1, 0.15) is 0 Å². The SMILES string of the molecule is N#CNC(=O)C1(CN)CCC1. The zero-order valence-corrected chi connectivity index (χ0v) is 6.26. The van der Waals surface area contributed by atoms with Crippen molar-refractivity contribution in [2.24, 2.45) is 11.1 Å². The second-order valence-corrected chi connectivity index (χ2v) is 2.90. The highest BCUT2D eigenvalue weighted by atomic mass is 16.2. The molecule has 11 heavy (non-hydrogen) atoms. The molecule has 0 aromatic heterocycles. The maximum absolute atomic E-state index is 11.2. The standard InChI is InChI=1S/C7H11N3O/c8-4-7(2-1-3-7)6(11)10-5-9/h1-4,8H2,(H,10,11). The predicted octanol–water partition coefficient (Wildman–Crippen LogP) is -0.287. The molecule has 0 radical (unpaired) electrons. The van der Waals surface area contributed by atoms with Gasteiger partial charge in [0, 0.05) is 6.54 Å². The molecule has 4 heteroatoms. The van der Waals surface area contributed by atoms with Crippen molar-refractivity contribution in [2.45, 2.75) is 19.3 Å². The van der Waals surface area contributed by atoms with Crippen LogP contribution in [0, 0.1) is 16.9 Å². The minimum absolute atomic E-state index is 0.214. The summed E-state index contributed by atoms with van der Waals surface area (Å²) in [5.41, 5.74) is 5.01. The minimum atomic E-state index is -0.421. The normalized spacial score (nSPS) is 19.6. The molecule has 3 N–H and O–H groups in total. The van der Waals surface area contributed by atoms with Crippen molar-refractivity contribution in [3.8, 4) is 6.19 Å². The second-order valence-electron chi connectivity index (χ2n) is 2.90. The molecule has 1 amide bonds. The van der Waals surface area contributed by atoms with E-state index in [1.807, 2.05) is 0 Å². The summed E-state index contributed by atoms with van der Waals surface area (Å²) in [5, 5.41) is 10.3. The Hall–Kier alpha value is -1.08. The van der Waals surface area contributed by atoms with E-state index in [2.05, 4.69) is 5.32 Å². The third-order valence-electron chi connectivity index (χ3n) is 2.35. The third kappa shape index (κ3) is 1.19. The first-order valence-electron chi connectivity index (χ1n) is 3.65. The molecule has 4 nitrogen and oxygen atoms in total. The summed E-state index contributed by atoms with van der Waals surface area (Å²) in [7, 11) is 0. The molecule has 0 aromatic rings. The van der Waals surface area contributed by atoms with Gasteiger partial charge in [-0.3, -0.25) is 10.1 Å². The highest BCUT2D eigenvalue weighted by molar-refractivity contribution is 5.84. The fourth-order valence-electron chi connectivity index (χ4n) is 1.31. The van der Waals surface area contributed by atoms with Crippen molar-refractivity contribution in [1.82, 2.24) is 5.32 Å². The van der Waals surface area contributed by atoms with Gasteiger partial charge in [-0.15, -0.1) is 0 Å². The minimum Gasteiger partial charge on any atom is -0.329 e. The summed E-state index contributed by atoms with van der Waals surface area (Å²) < 4.78 is 0. The molecule has 1 aliphatic rings. The van der Waals surface area contributed by atoms with E-state index in [4.69, 9.17) is 11.0 Å². The average molecular weight is 153 g/mol. The molecule has 0 aromatic carbocycles. The Bertz CT molecular complexity index is 197. The van der Waals surface area contributed by atoms with Gasteiger partial charge < -0.3 is 5.73 Å². The smallest absolute Gasteiger partial charge is 0.240 e. The zero-order valence-electron chi connectivity index (χ0n) is 6.26. The van der Waals surface area contributed by atoms with E-state index in [0.717, 1.165) is 19.3 Å². The number of nitrogens with two attached hydrogens (primary N) is 1. The molecule has 0 aliphatic heterocycles. The number of rotatable bonds is 2. The van der Waals surface area contributed by atoms with Crippen molar-refractivity contribution < 1.29 is 4.79 Å². The molecule has 0 bridgehead atoms. The summed E-state index contributed by atoms with van der Waals surface area (Å²) in [6.07, 6.45) is 4.29. The van der Waals surface area contributed by atoms with Crippen LogP contribution < -0.4 is 11.1 Å². The van der Waals surface area contributed by atoms with E-state index in [1.54, 1.807) is 6.19 Å². The quantitative estimate of drug-likeness (QED) is 0.422. The maximum atomic E-state index is 11.2. The molecule has 0 heterocycles. The lowest BCUT2D eigenvalue weighted by Crippen LogP contribution is -2.49. The summed E-state index contributed by atoms with van der Waals surface area (Å²) in [4.78, 5) is 11.2. The summed E-state index contributed by atoms with van der Waals surface area (Å²) in [6, 6.07) is 0. The zero-order chi connectivity index (χ0) is 8.32. The van der Waals surface area contributed by atoms with Gasteiger partial charge in [-0.25, -0.2) is 0 Å². The Kier molecular flexibility index (Phi) is 2.11. The van der Waals surface area contributed by atoms with Crippen molar-refractivity contribution >= 4 is 5.91 Å². The van der Waals surface area contributed by atoms with E-state index in [0.29, 0.717) is 6.54 Å². The van der Waals surface area contributed by atoms with E-state index in [9.17, 15) is 4.79 Å². The van der Waals surface area contributed by atoms with Gasteiger partial charge in [0.2, 0.25) is 5.91 Å². The lowest BCUT2D eigenvalue weighted by molar-refractivity contribution is -0.133. The van der Waals surface area contributed by atoms with E-state index in [-0.39, 0.29) is 5.91 Å². The Labute approximate surface area is 65.4 Å². The Morgan fingerprint density at radius 3 is 2.64 bits per heavy atom. The Morgan fingerprint density at radius 2 is 2.36 bits per heavy atom. The fourth-order valence-corrected chi connectivity index (χ4v) is 1.31. The molecule has 0 saturated heterocycles. The fraction of sp³-hybridized carbons (Fsp3) is 0.714. The number of nitrogens with zero attached hydrogens (tertiary/aromatic N) is 1. The second kappa shape index (κ2) is 2.89. The molecule has 0 atom stereocenters. The van der Waals surface area contributed by atoms with Gasteiger partial charge in [0.15, 0.2) is 6.19 Å². The molecular weight excluding hydrogens is 142 g/mol. The van der Waals surface area contributed by atoms with E-state index < -0.39 is 5.41 Å². The van der Waals surface area contributed by atoms with Crippen LogP contribution in [0.2, 0.25) is 0 Å². The van der Waals surface area contributed by atoms with Gasteiger partial charge in [-0.05, 0) is 12.8 Å². The first kappa shape index (κ1) is 8.02. The van der Waals surface area contributed by atoms with Gasteiger partial charge in [-0.2, -0.15) is 5.26 Å². The summed E-state index contributed by atoms with van der Waals surface area (Å²) >= 11 is 0. The third-order valence-corrected chi connectivity index (χ3v) is 2.35. The monoisotopic (exact) mass is 153 g/mol. The largest absolute Gasteiger partial charge is 0.329 e. The van der Waals surface area contributed by atoms with Crippen LogP contribution in [0.25, 0.3) is 0 Å². The summed E-state index contributed by atoms with van der Waals surface area (Å²) in [5.74, 6) is -0.214. The van der Waals surface area contributed by atoms with Crippen LogP contribution in [0.1, 0.15) is 19.3 Å². The van der Waals surface area contributed by atoms with Gasteiger partial charge in [0.25, 0.3) is 0 Å². The predicted molar refractivity (Wildman–Crippen MR) is 39.1 cm³/mol. The van der Waals surface area contributed by atoms with Crippen molar-refractivity contribution in [2.75, 3.05) is 6.54 Å². The van der Waals surface area contributed by atoms with Gasteiger partial charge >= 0.3 is 0 Å². The number of hydrogen-bond acceptors (Lipinski definition) is 3. The Balaban J connectivity index is 2.56. The summed E-state index contributed by atoms with van der Waals surface area (Å²) in [6.45, 7) is 0.348. The molecule has 0 spiro atoms. The molecular formula is C7H11N3O. The van der Waals surface area contributed by atoms with Gasteiger partial charge in [0.05, 0.1) is 5.41 Å². The number of amides is 1. The van der Waals surface area contributed by atoms with Crippen LogP contribution in [0.3, 0.4) is 0 Å². The molecule has 1 rings (SSSR count). The highest BCUT2D eigenvalue weighted by Crippen LogP contribution is 2.39. The number of carbonyl (C=O) groups is 1. The number of carbonyl (C=O) groups excluding carboxylic acids is 1. The van der Waals surface area contributed by atoms with E-state index in [1.165, 1.54) is 0 Å². The average Bonchev–Trinajstić information content (AvgIpc) is 1.87. The maximum Gasteiger partial charge on any atom is 0.240 e. The van der Waals surface area contributed by atoms with E-state index >= 15 is 0 Å². The first-order chi connectivity index (χ1) is 5.25. The molecule has 0 unspecified atom stereocenters. The van der Waals surface area contributed by atoms with Crippen molar-refractivity contribution in [1.29, 1.82) is 5.26 Å². The molecule has 1 saturated carbocycles. The van der Waals surface area contributed by atoms with Gasteiger partial charge in [-0.1, -0.05) is 6.42 Å². The lowest BCUT2D eigenvalue weighted by Gasteiger charge is -2.37. The molecule has 1 fully saturated rings. The van der Waals surface area contributed by atoms with Crippen LogP contribution >= 0.6 is 0 Å². The van der Waals surface area contributed by atoms with Crippen LogP contribution in [0.5, 0.6) is 0 Å². The number of nitriles is 1. The first-order valence-corrected chi connectivity index (χ1v) is 3.65. The lowest BCUT2D eigenvalue weighted by atomic mass is 9.68. The van der Waals surface area contributed by atoms with Crippen molar-refractivity contribution in [3.63, 3.8) is 0 Å². The Morgan fingerprint density at radius 1 is 1.73 bits per heavy atom. The highest BCUT2D eigenvalue weighted by Gasteiger charge is 2.42. The molecule has 1 aliphatic carbocycles. The number of hydrogen-bond donors (Lipinski definition) is 2.